The van der Waals surface area contributed by atoms with Crippen LogP contribution in [0.5, 0.6) is 0 Å². The van der Waals surface area contributed by atoms with Crippen LogP contribution in [0, 0.1) is 6.92 Å². The summed E-state index contributed by atoms with van der Waals surface area (Å²) in [4.78, 5) is 0. The molecule has 18 heavy (non-hydrogen) atoms. The highest BCUT2D eigenvalue weighted by Crippen LogP contribution is 2.39. The first kappa shape index (κ1) is 11.3. The molecule has 0 saturated carbocycles. The zero-order valence-electron chi connectivity index (χ0n) is 10.8. The summed E-state index contributed by atoms with van der Waals surface area (Å²) in [5.74, 6) is 0.570. The zero-order valence-corrected chi connectivity index (χ0v) is 10.8. The van der Waals surface area contributed by atoms with Gasteiger partial charge in [0.25, 0.3) is 0 Å². The Labute approximate surface area is 109 Å². The Morgan fingerprint density at radius 1 is 1.11 bits per heavy atom. The third-order valence-corrected chi connectivity index (χ3v) is 4.05. The maximum absolute atomic E-state index is 3.87. The molecule has 0 aliphatic heterocycles. The van der Waals surface area contributed by atoms with Gasteiger partial charge in [-0.25, -0.2) is 0 Å². The van der Waals surface area contributed by atoms with Crippen LogP contribution in [-0.4, -0.2) is 0 Å². The minimum atomic E-state index is 0.570. The largest absolute Gasteiger partial charge is 0.0985 e. The molecule has 0 heteroatoms. The highest BCUT2D eigenvalue weighted by molar-refractivity contribution is 5.54. The van der Waals surface area contributed by atoms with E-state index in [1.807, 2.05) is 6.08 Å². The summed E-state index contributed by atoms with van der Waals surface area (Å²) in [5, 5.41) is 0. The van der Waals surface area contributed by atoms with E-state index in [2.05, 4.69) is 56.0 Å². The maximum atomic E-state index is 3.87. The predicted molar refractivity (Wildman–Crippen MR) is 77.9 cm³/mol. The van der Waals surface area contributed by atoms with E-state index in [0.717, 1.165) is 0 Å². The molecule has 0 amide bonds. The molecule has 2 aromatic rings. The minimum Gasteiger partial charge on any atom is -0.0985 e. The molecule has 0 radical (unpaired) electrons. The summed E-state index contributed by atoms with van der Waals surface area (Å²) in [5.41, 5.74) is 7.13. The van der Waals surface area contributed by atoms with Gasteiger partial charge in [-0.15, -0.1) is 0 Å². The van der Waals surface area contributed by atoms with Crippen molar-refractivity contribution < 1.29 is 0 Å². The molecule has 0 spiro atoms. The van der Waals surface area contributed by atoms with Gasteiger partial charge in [0.1, 0.15) is 0 Å². The van der Waals surface area contributed by atoms with E-state index < -0.39 is 0 Å². The Morgan fingerprint density at radius 3 is 2.72 bits per heavy atom. The standard InChI is InChI=1S/C18H18/c1-3-14-8-9-15-10-11-17(18(15)12-14)16-7-5-4-6-13(16)2/h3-9,12,17H,1,10-11H2,2H3. The third kappa shape index (κ3) is 1.78. The van der Waals surface area contributed by atoms with Crippen LogP contribution in [0.1, 0.15) is 40.2 Å². The molecule has 0 nitrogen and oxygen atoms in total. The van der Waals surface area contributed by atoms with E-state index in [1.54, 1.807) is 0 Å². The fourth-order valence-corrected chi connectivity index (χ4v) is 3.05. The van der Waals surface area contributed by atoms with Crippen LogP contribution in [0.25, 0.3) is 6.08 Å². The molecule has 0 saturated heterocycles. The topological polar surface area (TPSA) is 0 Å². The molecule has 2 aromatic carbocycles. The van der Waals surface area contributed by atoms with Gasteiger partial charge >= 0.3 is 0 Å². The van der Waals surface area contributed by atoms with Crippen molar-refractivity contribution in [2.24, 2.45) is 0 Å². The molecule has 1 atom stereocenters. The first-order chi connectivity index (χ1) is 8.79. The summed E-state index contributed by atoms with van der Waals surface area (Å²) in [7, 11) is 0. The molecule has 0 aromatic heterocycles. The first-order valence-electron chi connectivity index (χ1n) is 6.60. The molecule has 1 aliphatic rings. The number of benzene rings is 2. The summed E-state index contributed by atoms with van der Waals surface area (Å²) in [6, 6.07) is 15.5. The van der Waals surface area contributed by atoms with Crippen LogP contribution >= 0.6 is 0 Å². The van der Waals surface area contributed by atoms with Gasteiger partial charge in [-0.3, -0.25) is 0 Å². The van der Waals surface area contributed by atoms with Gasteiger partial charge in [0, 0.05) is 5.92 Å². The van der Waals surface area contributed by atoms with Crippen molar-refractivity contribution >= 4 is 6.08 Å². The Balaban J connectivity index is 2.09. The Morgan fingerprint density at radius 2 is 1.94 bits per heavy atom. The van der Waals surface area contributed by atoms with Gasteiger partial charge in [-0.2, -0.15) is 0 Å². The second kappa shape index (κ2) is 4.45. The van der Waals surface area contributed by atoms with E-state index in [1.165, 1.54) is 40.7 Å². The average Bonchev–Trinajstić information content (AvgIpc) is 2.82. The molecular formula is C18H18. The summed E-state index contributed by atoms with van der Waals surface area (Å²) in [6.45, 7) is 6.08. The van der Waals surface area contributed by atoms with Crippen LogP contribution in [-0.2, 0) is 6.42 Å². The van der Waals surface area contributed by atoms with Crippen molar-refractivity contribution in [3.05, 3.63) is 76.9 Å². The normalized spacial score (nSPS) is 17.5. The molecular weight excluding hydrogens is 216 g/mol. The molecule has 90 valence electrons. The lowest BCUT2D eigenvalue weighted by Crippen LogP contribution is -1.99. The Hall–Kier alpha value is -1.82. The van der Waals surface area contributed by atoms with E-state index >= 15 is 0 Å². The van der Waals surface area contributed by atoms with Gasteiger partial charge in [-0.05, 0) is 47.6 Å². The average molecular weight is 234 g/mol. The van der Waals surface area contributed by atoms with Crippen LogP contribution in [0.4, 0.5) is 0 Å². The highest BCUT2D eigenvalue weighted by Gasteiger charge is 2.24. The lowest BCUT2D eigenvalue weighted by molar-refractivity contribution is 0.782. The quantitative estimate of drug-likeness (QED) is 0.705. The second-order valence-electron chi connectivity index (χ2n) is 5.11. The predicted octanol–water partition coefficient (Wildman–Crippen LogP) is 4.72. The lowest BCUT2D eigenvalue weighted by Gasteiger charge is -2.15. The van der Waals surface area contributed by atoms with Crippen molar-refractivity contribution in [3.8, 4) is 0 Å². The number of aryl methyl sites for hydroxylation is 2. The minimum absolute atomic E-state index is 0.570. The van der Waals surface area contributed by atoms with Gasteiger partial charge in [0.05, 0.1) is 0 Å². The molecule has 0 bridgehead atoms. The highest BCUT2D eigenvalue weighted by atomic mass is 14.3. The Bertz CT molecular complexity index is 593. The van der Waals surface area contributed by atoms with Crippen molar-refractivity contribution in [1.29, 1.82) is 0 Å². The van der Waals surface area contributed by atoms with Crippen LogP contribution in [0.2, 0.25) is 0 Å². The second-order valence-corrected chi connectivity index (χ2v) is 5.11. The third-order valence-electron chi connectivity index (χ3n) is 4.05. The van der Waals surface area contributed by atoms with Crippen molar-refractivity contribution in [2.45, 2.75) is 25.7 Å². The van der Waals surface area contributed by atoms with E-state index in [9.17, 15) is 0 Å². The fourth-order valence-electron chi connectivity index (χ4n) is 3.05. The number of hydrogen-bond acceptors (Lipinski definition) is 0. The number of fused-ring (bicyclic) bond motifs is 1. The molecule has 0 fully saturated rings. The molecule has 0 N–H and O–H groups in total. The Kier molecular flexibility index (Phi) is 2.79. The molecule has 3 rings (SSSR count). The van der Waals surface area contributed by atoms with Crippen LogP contribution < -0.4 is 0 Å². The zero-order chi connectivity index (χ0) is 12.5. The molecule has 1 aliphatic carbocycles. The number of hydrogen-bond donors (Lipinski definition) is 0. The number of rotatable bonds is 2. The van der Waals surface area contributed by atoms with Crippen molar-refractivity contribution in [2.75, 3.05) is 0 Å². The summed E-state index contributed by atoms with van der Waals surface area (Å²) < 4.78 is 0. The SMILES string of the molecule is C=Cc1ccc2c(c1)C(c1ccccc1C)CC2. The summed E-state index contributed by atoms with van der Waals surface area (Å²) in [6.07, 6.45) is 4.38. The summed E-state index contributed by atoms with van der Waals surface area (Å²) >= 11 is 0. The lowest BCUT2D eigenvalue weighted by atomic mass is 9.89. The van der Waals surface area contributed by atoms with Crippen molar-refractivity contribution in [3.63, 3.8) is 0 Å². The van der Waals surface area contributed by atoms with Crippen LogP contribution in [0.15, 0.2) is 49.0 Å². The fraction of sp³-hybridized carbons (Fsp3) is 0.222. The van der Waals surface area contributed by atoms with E-state index in [4.69, 9.17) is 0 Å². The van der Waals surface area contributed by atoms with E-state index in [0.29, 0.717) is 5.92 Å². The van der Waals surface area contributed by atoms with Gasteiger partial charge in [0.2, 0.25) is 0 Å². The monoisotopic (exact) mass is 234 g/mol. The van der Waals surface area contributed by atoms with Gasteiger partial charge in [-0.1, -0.05) is 55.1 Å². The van der Waals surface area contributed by atoms with E-state index in [-0.39, 0.29) is 0 Å². The van der Waals surface area contributed by atoms with Crippen LogP contribution in [0.3, 0.4) is 0 Å². The smallest absolute Gasteiger partial charge is 0.00980 e. The van der Waals surface area contributed by atoms with Gasteiger partial charge in [0.15, 0.2) is 0 Å². The maximum Gasteiger partial charge on any atom is 0.00980 e. The molecule has 0 heterocycles. The molecule has 1 unspecified atom stereocenters. The van der Waals surface area contributed by atoms with Gasteiger partial charge < -0.3 is 0 Å². The first-order valence-corrected chi connectivity index (χ1v) is 6.60. The van der Waals surface area contributed by atoms with Crippen molar-refractivity contribution in [1.82, 2.24) is 0 Å².